The van der Waals surface area contributed by atoms with Crippen LogP contribution in [0.1, 0.15) is 56.6 Å². The summed E-state index contributed by atoms with van der Waals surface area (Å²) in [6.45, 7) is 5.56. The van der Waals surface area contributed by atoms with Gasteiger partial charge in [-0.3, -0.25) is 9.13 Å². The molecule has 2 aromatic carbocycles. The lowest BCUT2D eigenvalue weighted by molar-refractivity contribution is 0.252. The first-order valence-corrected chi connectivity index (χ1v) is 12.2. The fourth-order valence-corrected chi connectivity index (χ4v) is 4.92. The minimum atomic E-state index is -0.0971. The van der Waals surface area contributed by atoms with E-state index >= 15 is 0 Å². The highest BCUT2D eigenvalue weighted by molar-refractivity contribution is 5.74. The Morgan fingerprint density at radius 2 is 1.79 bits per heavy atom. The van der Waals surface area contributed by atoms with Gasteiger partial charge in [-0.1, -0.05) is 63.1 Å². The van der Waals surface area contributed by atoms with E-state index in [1.807, 2.05) is 42.5 Å². The molecule has 34 heavy (non-hydrogen) atoms. The third-order valence-corrected chi connectivity index (χ3v) is 6.93. The zero-order valence-corrected chi connectivity index (χ0v) is 20.2. The van der Waals surface area contributed by atoms with E-state index < -0.39 is 0 Å². The molecule has 6 nitrogen and oxygen atoms in total. The van der Waals surface area contributed by atoms with Gasteiger partial charge < -0.3 is 4.74 Å². The zero-order chi connectivity index (χ0) is 23.7. The highest BCUT2D eigenvalue weighted by Crippen LogP contribution is 2.28. The van der Waals surface area contributed by atoms with Gasteiger partial charge in [0, 0.05) is 12.6 Å². The van der Waals surface area contributed by atoms with Gasteiger partial charge in [-0.15, -0.1) is 0 Å². The van der Waals surface area contributed by atoms with E-state index in [0.29, 0.717) is 29.9 Å². The van der Waals surface area contributed by atoms with Gasteiger partial charge in [-0.2, -0.15) is 0 Å². The van der Waals surface area contributed by atoms with Crippen LogP contribution in [0.15, 0.2) is 59.5 Å². The Labute approximate surface area is 200 Å². The molecule has 5 rings (SSSR count). The van der Waals surface area contributed by atoms with E-state index in [4.69, 9.17) is 9.72 Å². The third-order valence-electron chi connectivity index (χ3n) is 6.93. The van der Waals surface area contributed by atoms with E-state index in [1.165, 1.54) is 31.2 Å². The van der Waals surface area contributed by atoms with Crippen LogP contribution in [0.2, 0.25) is 0 Å². The number of hydrogen-bond donors (Lipinski definition) is 0. The maximum absolute atomic E-state index is 13.1. The van der Waals surface area contributed by atoms with Crippen molar-refractivity contribution in [2.45, 2.75) is 52.0 Å². The van der Waals surface area contributed by atoms with Crippen LogP contribution in [0.4, 0.5) is 0 Å². The topological polar surface area (TPSA) is 61.9 Å². The van der Waals surface area contributed by atoms with Crippen LogP contribution < -0.4 is 10.4 Å². The molecule has 0 spiro atoms. The molecule has 4 aromatic rings. The number of fused-ring (bicyclic) bond motifs is 1. The van der Waals surface area contributed by atoms with Crippen LogP contribution in [0, 0.1) is 5.92 Å². The second-order valence-corrected chi connectivity index (χ2v) is 9.68. The van der Waals surface area contributed by atoms with E-state index in [2.05, 4.69) is 24.9 Å². The van der Waals surface area contributed by atoms with Gasteiger partial charge in [0.25, 0.3) is 0 Å². The van der Waals surface area contributed by atoms with E-state index in [9.17, 15) is 4.79 Å². The first-order chi connectivity index (χ1) is 16.5. The highest BCUT2D eigenvalue weighted by atomic mass is 16.5. The van der Waals surface area contributed by atoms with Crippen molar-refractivity contribution in [1.82, 2.24) is 19.1 Å². The maximum atomic E-state index is 13.1. The van der Waals surface area contributed by atoms with Crippen LogP contribution in [0.5, 0.6) is 5.75 Å². The molecule has 1 saturated carbocycles. The number of imidazole rings is 1. The Morgan fingerprint density at radius 3 is 2.53 bits per heavy atom. The molecule has 0 amide bonds. The Hall–Kier alpha value is -3.41. The molecule has 0 N–H and O–H groups in total. The summed E-state index contributed by atoms with van der Waals surface area (Å²) < 4.78 is 9.34. The molecule has 1 aliphatic rings. The fraction of sp³-hybridized carbons (Fsp3) is 0.393. The van der Waals surface area contributed by atoms with E-state index in [0.717, 1.165) is 29.0 Å². The van der Waals surface area contributed by atoms with Crippen molar-refractivity contribution in [1.29, 1.82) is 0 Å². The second-order valence-electron chi connectivity index (χ2n) is 9.68. The normalized spacial score (nSPS) is 14.4. The van der Waals surface area contributed by atoms with Crippen LogP contribution in [0.3, 0.4) is 0 Å². The van der Waals surface area contributed by atoms with Gasteiger partial charge in [0.15, 0.2) is 11.5 Å². The smallest absolute Gasteiger partial charge is 0.330 e. The quantitative estimate of drug-likeness (QED) is 0.366. The number of nitrogens with zero attached hydrogens (tertiary/aromatic N) is 4. The minimum Gasteiger partial charge on any atom is -0.493 e. The van der Waals surface area contributed by atoms with Crippen LogP contribution in [-0.2, 0) is 13.6 Å². The van der Waals surface area contributed by atoms with Crippen molar-refractivity contribution in [3.63, 3.8) is 0 Å². The Bertz CT molecular complexity index is 1350. The van der Waals surface area contributed by atoms with Crippen molar-refractivity contribution < 1.29 is 4.74 Å². The van der Waals surface area contributed by atoms with Crippen molar-refractivity contribution in [3.05, 3.63) is 76.3 Å². The van der Waals surface area contributed by atoms with Gasteiger partial charge in [-0.25, -0.2) is 14.8 Å². The molecule has 0 saturated heterocycles. The van der Waals surface area contributed by atoms with Gasteiger partial charge in [-0.05, 0) is 47.9 Å². The Balaban J connectivity index is 1.43. The number of ether oxygens (including phenoxy) is 1. The standard InChI is InChI=1S/C28H32N4O2/c1-19(2)23-10-6-7-11-24(23)26-29-16-25-27(30-26)32(28(33)31(25)3)17-20-12-14-22(15-13-20)34-18-21-8-4-5-9-21/h6-7,10-16,19,21H,4-5,8-9,17-18H2,1-3H3. The zero-order valence-electron chi connectivity index (χ0n) is 20.2. The van der Waals surface area contributed by atoms with Gasteiger partial charge in [0.2, 0.25) is 0 Å². The van der Waals surface area contributed by atoms with Crippen LogP contribution in [0.25, 0.3) is 22.6 Å². The molecule has 0 aliphatic heterocycles. The average molecular weight is 457 g/mol. The molecule has 1 fully saturated rings. The number of aromatic nitrogens is 4. The number of benzene rings is 2. The molecular formula is C28H32N4O2. The van der Waals surface area contributed by atoms with Gasteiger partial charge in [0.05, 0.1) is 19.3 Å². The van der Waals surface area contributed by atoms with Gasteiger partial charge in [0.1, 0.15) is 11.3 Å². The molecule has 1 aliphatic carbocycles. The first-order valence-electron chi connectivity index (χ1n) is 12.2. The minimum absolute atomic E-state index is 0.0971. The summed E-state index contributed by atoms with van der Waals surface area (Å²) in [5.74, 6) is 2.56. The number of aryl methyl sites for hydroxylation is 1. The van der Waals surface area contributed by atoms with Crippen molar-refractivity contribution in [3.8, 4) is 17.1 Å². The summed E-state index contributed by atoms with van der Waals surface area (Å²) in [5.41, 5.74) is 4.52. The molecule has 0 radical (unpaired) electrons. The SMILES string of the molecule is CC(C)c1ccccc1-c1ncc2c(n1)n(Cc1ccc(OCC3CCCC3)cc1)c(=O)n2C. The summed E-state index contributed by atoms with van der Waals surface area (Å²) in [6.07, 6.45) is 6.94. The van der Waals surface area contributed by atoms with Crippen LogP contribution >= 0.6 is 0 Å². The Morgan fingerprint density at radius 1 is 1.06 bits per heavy atom. The van der Waals surface area contributed by atoms with E-state index in [1.54, 1.807) is 22.4 Å². The summed E-state index contributed by atoms with van der Waals surface area (Å²) in [6, 6.07) is 16.3. The van der Waals surface area contributed by atoms with Crippen molar-refractivity contribution in [2.24, 2.45) is 13.0 Å². The second kappa shape index (κ2) is 9.45. The molecule has 2 heterocycles. The van der Waals surface area contributed by atoms with Crippen LogP contribution in [-0.4, -0.2) is 25.7 Å². The molecule has 6 heteroatoms. The molecular weight excluding hydrogens is 424 g/mol. The predicted octanol–water partition coefficient (Wildman–Crippen LogP) is 5.54. The highest BCUT2D eigenvalue weighted by Gasteiger charge is 2.18. The maximum Gasteiger partial charge on any atom is 0.330 e. The predicted molar refractivity (Wildman–Crippen MR) is 135 cm³/mol. The number of hydrogen-bond acceptors (Lipinski definition) is 4. The summed E-state index contributed by atoms with van der Waals surface area (Å²) in [5, 5.41) is 0. The lowest BCUT2D eigenvalue weighted by Crippen LogP contribution is -2.22. The summed E-state index contributed by atoms with van der Waals surface area (Å²) >= 11 is 0. The largest absolute Gasteiger partial charge is 0.493 e. The molecule has 2 aromatic heterocycles. The summed E-state index contributed by atoms with van der Waals surface area (Å²) in [7, 11) is 1.77. The monoisotopic (exact) mass is 456 g/mol. The molecule has 0 atom stereocenters. The molecule has 0 unspecified atom stereocenters. The van der Waals surface area contributed by atoms with E-state index in [-0.39, 0.29) is 5.69 Å². The molecule has 0 bridgehead atoms. The fourth-order valence-electron chi connectivity index (χ4n) is 4.92. The van der Waals surface area contributed by atoms with Gasteiger partial charge >= 0.3 is 5.69 Å². The number of rotatable bonds is 7. The third kappa shape index (κ3) is 4.37. The average Bonchev–Trinajstić information content (AvgIpc) is 3.46. The molecule has 176 valence electrons. The van der Waals surface area contributed by atoms with Crippen molar-refractivity contribution >= 4 is 11.2 Å². The Kier molecular flexibility index (Phi) is 6.22. The lowest BCUT2D eigenvalue weighted by atomic mass is 9.97. The lowest BCUT2D eigenvalue weighted by Gasteiger charge is -2.12. The summed E-state index contributed by atoms with van der Waals surface area (Å²) in [4.78, 5) is 22.5. The first kappa shape index (κ1) is 22.4. The van der Waals surface area contributed by atoms with Crippen molar-refractivity contribution in [2.75, 3.05) is 6.61 Å².